The number of halogens is 2. The van der Waals surface area contributed by atoms with Gasteiger partial charge in [0.2, 0.25) is 0 Å². The molecule has 0 amide bonds. The number of fused-ring (bicyclic) bond motifs is 1. The Morgan fingerprint density at radius 3 is 2.79 bits per heavy atom. The number of nitrogens with two attached hydrogens (primary N) is 1. The van der Waals surface area contributed by atoms with Crippen molar-refractivity contribution in [2.24, 2.45) is 10.7 Å². The lowest BCUT2D eigenvalue weighted by molar-refractivity contribution is -0.0497. The smallest absolute Gasteiger partial charge is 0.387 e. The summed E-state index contributed by atoms with van der Waals surface area (Å²) >= 11 is 0. The number of benzene rings is 2. The molecule has 1 aromatic heterocycles. The molecule has 3 rings (SSSR count). The van der Waals surface area contributed by atoms with E-state index in [9.17, 15) is 8.78 Å². The van der Waals surface area contributed by atoms with Gasteiger partial charge in [-0.05, 0) is 30.3 Å². The third-order valence-corrected chi connectivity index (χ3v) is 3.66. The van der Waals surface area contributed by atoms with Crippen LogP contribution >= 0.6 is 0 Å². The molecule has 3 aromatic rings. The number of hydrogen-bond acceptors (Lipinski definition) is 5. The maximum absolute atomic E-state index is 12.5. The van der Waals surface area contributed by atoms with E-state index in [1.807, 2.05) is 24.3 Å². The van der Waals surface area contributed by atoms with Gasteiger partial charge in [-0.3, -0.25) is 0 Å². The van der Waals surface area contributed by atoms with Gasteiger partial charge in [0.25, 0.3) is 0 Å². The number of alkyl halides is 2. The standard InChI is InChI=1S/C20H17F2N5O/c1-13(9-10-24-12-23)18-26-17-8-3-2-7-16(17)19(27-18)25-14-5-4-6-15(11-14)28-20(21)22/h2-12,20H,1H2,(H2,23,24)(H,25,26,27)/b10-9-. The first-order valence-corrected chi connectivity index (χ1v) is 8.24. The fourth-order valence-electron chi connectivity index (χ4n) is 2.46. The Balaban J connectivity index is 1.99. The van der Waals surface area contributed by atoms with Crippen LogP contribution in [0.5, 0.6) is 5.75 Å². The van der Waals surface area contributed by atoms with Crippen molar-refractivity contribution in [3.05, 3.63) is 73.2 Å². The molecule has 28 heavy (non-hydrogen) atoms. The first kappa shape index (κ1) is 19.0. The van der Waals surface area contributed by atoms with Gasteiger partial charge >= 0.3 is 6.61 Å². The van der Waals surface area contributed by atoms with E-state index < -0.39 is 6.61 Å². The molecule has 0 bridgehead atoms. The second-order valence-electron chi connectivity index (χ2n) is 5.58. The SMILES string of the molecule is C=C(/C=C\N=CN)c1nc(Nc2cccc(OC(F)F)c2)c2ccccc2n1. The van der Waals surface area contributed by atoms with E-state index in [0.29, 0.717) is 28.4 Å². The van der Waals surface area contributed by atoms with Gasteiger partial charge in [-0.1, -0.05) is 24.8 Å². The van der Waals surface area contributed by atoms with Crippen molar-refractivity contribution in [2.75, 3.05) is 5.32 Å². The number of aliphatic imine (C=N–C) groups is 1. The molecule has 0 unspecified atom stereocenters. The van der Waals surface area contributed by atoms with Gasteiger partial charge in [0.1, 0.15) is 11.6 Å². The highest BCUT2D eigenvalue weighted by molar-refractivity contribution is 5.92. The molecule has 0 atom stereocenters. The summed E-state index contributed by atoms with van der Waals surface area (Å²) in [6, 6.07) is 13.7. The van der Waals surface area contributed by atoms with Gasteiger partial charge < -0.3 is 15.8 Å². The third-order valence-electron chi connectivity index (χ3n) is 3.66. The predicted molar refractivity (Wildman–Crippen MR) is 107 cm³/mol. The van der Waals surface area contributed by atoms with Crippen LogP contribution in [-0.4, -0.2) is 22.9 Å². The minimum Gasteiger partial charge on any atom is -0.435 e. The number of nitrogens with zero attached hydrogens (tertiary/aromatic N) is 3. The van der Waals surface area contributed by atoms with Crippen molar-refractivity contribution in [1.82, 2.24) is 9.97 Å². The van der Waals surface area contributed by atoms with Gasteiger partial charge in [0, 0.05) is 28.9 Å². The first-order chi connectivity index (χ1) is 13.6. The lowest BCUT2D eigenvalue weighted by Crippen LogP contribution is -2.03. The number of ether oxygens (including phenoxy) is 1. The van der Waals surface area contributed by atoms with Crippen LogP contribution in [0.4, 0.5) is 20.3 Å². The minimum absolute atomic E-state index is 0.0468. The molecule has 0 aliphatic heterocycles. The molecule has 0 saturated heterocycles. The number of rotatable bonds is 7. The molecule has 0 spiro atoms. The number of nitrogens with one attached hydrogen (secondary N) is 1. The molecule has 0 aliphatic carbocycles. The fraction of sp³-hybridized carbons (Fsp3) is 0.0500. The third kappa shape index (κ3) is 4.67. The van der Waals surface area contributed by atoms with Crippen LogP contribution in [0.15, 0.2) is 72.4 Å². The van der Waals surface area contributed by atoms with E-state index in [1.165, 1.54) is 18.3 Å². The average molecular weight is 381 g/mol. The Morgan fingerprint density at radius 1 is 1.18 bits per heavy atom. The molecule has 0 radical (unpaired) electrons. The van der Waals surface area contributed by atoms with Gasteiger partial charge in [-0.15, -0.1) is 0 Å². The quantitative estimate of drug-likeness (QED) is 0.358. The summed E-state index contributed by atoms with van der Waals surface area (Å²) in [5.74, 6) is 0.946. The van der Waals surface area contributed by atoms with E-state index in [4.69, 9.17) is 5.73 Å². The fourth-order valence-corrected chi connectivity index (χ4v) is 2.46. The Morgan fingerprint density at radius 2 is 2.00 bits per heavy atom. The lowest BCUT2D eigenvalue weighted by Gasteiger charge is -2.12. The van der Waals surface area contributed by atoms with Crippen LogP contribution < -0.4 is 15.8 Å². The summed E-state index contributed by atoms with van der Waals surface area (Å²) in [5, 5.41) is 3.90. The zero-order valence-electron chi connectivity index (χ0n) is 14.7. The molecule has 142 valence electrons. The van der Waals surface area contributed by atoms with Gasteiger partial charge in [-0.25, -0.2) is 15.0 Å². The summed E-state index contributed by atoms with van der Waals surface area (Å²) in [6.45, 7) is 1.05. The number of allylic oxidation sites excluding steroid dienone is 2. The highest BCUT2D eigenvalue weighted by Gasteiger charge is 2.10. The molecule has 3 N–H and O–H groups in total. The van der Waals surface area contributed by atoms with E-state index in [2.05, 4.69) is 31.6 Å². The van der Waals surface area contributed by atoms with Crippen LogP contribution in [0.25, 0.3) is 16.5 Å². The van der Waals surface area contributed by atoms with Gasteiger partial charge in [-0.2, -0.15) is 8.78 Å². The molecule has 2 aromatic carbocycles. The minimum atomic E-state index is -2.90. The maximum atomic E-state index is 12.5. The zero-order valence-corrected chi connectivity index (χ0v) is 14.7. The second-order valence-corrected chi connectivity index (χ2v) is 5.58. The Labute approximate surface area is 160 Å². The highest BCUT2D eigenvalue weighted by atomic mass is 19.3. The lowest BCUT2D eigenvalue weighted by atomic mass is 10.2. The van der Waals surface area contributed by atoms with Crippen molar-refractivity contribution in [2.45, 2.75) is 6.61 Å². The Hall–Kier alpha value is -3.81. The van der Waals surface area contributed by atoms with Crippen molar-refractivity contribution in [3.63, 3.8) is 0 Å². The van der Waals surface area contributed by atoms with Crippen molar-refractivity contribution >= 4 is 34.3 Å². The largest absolute Gasteiger partial charge is 0.435 e. The summed E-state index contributed by atoms with van der Waals surface area (Å²) in [4.78, 5) is 12.8. The van der Waals surface area contributed by atoms with E-state index >= 15 is 0 Å². The number of para-hydroxylation sites is 1. The van der Waals surface area contributed by atoms with Crippen LogP contribution in [0.1, 0.15) is 5.82 Å². The topological polar surface area (TPSA) is 85.4 Å². The monoisotopic (exact) mass is 381 g/mol. The predicted octanol–water partition coefficient (Wildman–Crippen LogP) is 4.49. The summed E-state index contributed by atoms with van der Waals surface area (Å²) < 4.78 is 29.4. The molecular weight excluding hydrogens is 364 g/mol. The summed E-state index contributed by atoms with van der Waals surface area (Å²) in [6.07, 6.45) is 4.28. The average Bonchev–Trinajstić information content (AvgIpc) is 2.68. The van der Waals surface area contributed by atoms with E-state index in [0.717, 1.165) is 11.7 Å². The van der Waals surface area contributed by atoms with Crippen molar-refractivity contribution in [1.29, 1.82) is 0 Å². The molecule has 1 heterocycles. The van der Waals surface area contributed by atoms with Crippen LogP contribution in [0, 0.1) is 0 Å². The summed E-state index contributed by atoms with van der Waals surface area (Å²) in [7, 11) is 0. The first-order valence-electron chi connectivity index (χ1n) is 8.24. The number of anilines is 2. The maximum Gasteiger partial charge on any atom is 0.387 e. The summed E-state index contributed by atoms with van der Waals surface area (Å²) in [5.41, 5.74) is 6.99. The van der Waals surface area contributed by atoms with Crippen molar-refractivity contribution in [3.8, 4) is 5.75 Å². The number of hydrogen-bond donors (Lipinski definition) is 2. The Bertz CT molecular complexity index is 1050. The van der Waals surface area contributed by atoms with Crippen molar-refractivity contribution < 1.29 is 13.5 Å². The molecule has 0 aliphatic rings. The zero-order chi connectivity index (χ0) is 19.9. The van der Waals surface area contributed by atoms with E-state index in [1.54, 1.807) is 18.2 Å². The van der Waals surface area contributed by atoms with Crippen LogP contribution in [0.2, 0.25) is 0 Å². The molecule has 0 fully saturated rings. The van der Waals surface area contributed by atoms with Gasteiger partial charge in [0.15, 0.2) is 5.82 Å². The second kappa shape index (κ2) is 8.72. The number of aromatic nitrogens is 2. The van der Waals surface area contributed by atoms with Crippen LogP contribution in [-0.2, 0) is 0 Å². The van der Waals surface area contributed by atoms with Crippen LogP contribution in [0.3, 0.4) is 0 Å². The van der Waals surface area contributed by atoms with E-state index in [-0.39, 0.29) is 5.75 Å². The van der Waals surface area contributed by atoms with Gasteiger partial charge in [0.05, 0.1) is 11.9 Å². The molecule has 8 heteroatoms. The molecular formula is C20H17F2N5O. The molecule has 6 nitrogen and oxygen atoms in total. The Kier molecular flexibility index (Phi) is 5.91. The normalized spacial score (nSPS) is 11.5. The highest BCUT2D eigenvalue weighted by Crippen LogP contribution is 2.27. The molecule has 0 saturated carbocycles.